The molecule has 4 aliphatic carbocycles. The largest absolute Gasteiger partial charge is 0.416 e. The Hall–Kier alpha value is -7.32. The van der Waals surface area contributed by atoms with Crippen LogP contribution >= 0.6 is 11.6 Å². The molecule has 13 rings (SSSR count). The van der Waals surface area contributed by atoms with E-state index < -0.39 is 11.7 Å². The van der Waals surface area contributed by atoms with Crippen LogP contribution in [0.4, 0.5) is 27.6 Å². The number of hydrogen-bond acceptors (Lipinski definition) is 2. The number of aliphatic hydroxyl groups excluding tert-OH is 1. The first-order valence-corrected chi connectivity index (χ1v) is 45.2. The topological polar surface area (TPSA) is 23.5 Å². The van der Waals surface area contributed by atoms with Crippen LogP contribution in [0.3, 0.4) is 0 Å². The van der Waals surface area contributed by atoms with E-state index in [1.807, 2.05) is 52.0 Å². The quantitative estimate of drug-likeness (QED) is 0.0919. The highest BCUT2D eigenvalue weighted by Gasteiger charge is 2.36. The smallest absolute Gasteiger partial charge is 0.395 e. The van der Waals surface area contributed by atoms with Gasteiger partial charge in [0.05, 0.1) is 12.2 Å². The molecular weight excluding hydrogens is 1490 g/mol. The maximum Gasteiger partial charge on any atom is 0.416 e. The number of nitrogens with zero attached hydrogens (tertiary/aromatic N) is 1. The van der Waals surface area contributed by atoms with E-state index >= 15 is 0 Å². The second-order valence-electron chi connectivity index (χ2n) is 39.9. The van der Waals surface area contributed by atoms with Crippen LogP contribution in [-0.4, -0.2) is 25.8 Å². The van der Waals surface area contributed by atoms with Crippen molar-refractivity contribution in [3.8, 4) is 0 Å². The van der Waals surface area contributed by atoms with Crippen molar-refractivity contribution >= 4 is 17.3 Å². The Bertz CT molecular complexity index is 4140. The third kappa shape index (κ3) is 34.8. The molecule has 9 aromatic rings. The molecule has 0 radical (unpaired) electrons. The SMILES string of the molecule is CC(C)c1ccc(C(C)(C)C)cc1.CC(C)c1ccc(C(C)(C)C)cc1F.CC(C)c1ccc(C(C)(C)CO)cc1.CC(C)c1ccc(C(C)C)cc1.CC(C)c1ccc(C2CC2)cc1.CC(C)c1ccc(C2CC2)cc1C(F)(F)F.CC(C)c1ccc(C2CC2)cc1Cl.CC(C)c1ccc(C2CC2)cc1F.CC(C)c1ccc(N(C)C)cc1. The van der Waals surface area contributed by atoms with Gasteiger partial charge in [-0.05, 0) is 276 Å². The van der Waals surface area contributed by atoms with Gasteiger partial charge < -0.3 is 10.0 Å². The molecule has 8 heteroatoms. The van der Waals surface area contributed by atoms with Crippen LogP contribution in [0.2, 0.25) is 5.02 Å². The van der Waals surface area contributed by atoms with Crippen molar-refractivity contribution in [2.24, 2.45) is 0 Å². The molecule has 2 nitrogen and oxygen atoms in total. The Morgan fingerprint density at radius 3 is 0.857 bits per heavy atom. The number of aliphatic hydroxyl groups is 1. The van der Waals surface area contributed by atoms with Crippen molar-refractivity contribution < 1.29 is 27.1 Å². The summed E-state index contributed by atoms with van der Waals surface area (Å²) in [6.45, 7) is 60.0. The fraction of sp³-hybridized carbons (Fsp3) is 0.514. The maximum atomic E-state index is 13.6. The van der Waals surface area contributed by atoms with E-state index in [0.29, 0.717) is 58.8 Å². The highest BCUT2D eigenvalue weighted by molar-refractivity contribution is 6.31. The van der Waals surface area contributed by atoms with Crippen LogP contribution < -0.4 is 4.90 Å². The summed E-state index contributed by atoms with van der Waals surface area (Å²) >= 11 is 6.20. The number of anilines is 1. The number of hydrogen-bond donors (Lipinski definition) is 1. The molecule has 0 amide bonds. The molecule has 4 saturated carbocycles. The molecular formula is C111H155ClF5NO. The van der Waals surface area contributed by atoms with Crippen molar-refractivity contribution in [2.45, 2.75) is 351 Å². The molecule has 0 bridgehead atoms. The molecule has 4 aliphatic rings. The molecule has 0 heterocycles. The van der Waals surface area contributed by atoms with E-state index in [9.17, 15) is 27.1 Å². The van der Waals surface area contributed by atoms with E-state index in [1.54, 1.807) is 37.6 Å². The molecule has 652 valence electrons. The number of halogens is 6. The zero-order valence-corrected chi connectivity index (χ0v) is 79.8. The zero-order chi connectivity index (χ0) is 89.4. The third-order valence-corrected chi connectivity index (χ3v) is 23.5. The van der Waals surface area contributed by atoms with Gasteiger partial charge in [-0.3, -0.25) is 0 Å². The maximum absolute atomic E-state index is 13.6. The third-order valence-electron chi connectivity index (χ3n) is 23.1. The van der Waals surface area contributed by atoms with Gasteiger partial charge in [-0.25, -0.2) is 8.78 Å². The minimum Gasteiger partial charge on any atom is -0.395 e. The summed E-state index contributed by atoms with van der Waals surface area (Å²) in [6, 6.07) is 67.0. The average Bonchev–Trinajstić information content (AvgIpc) is 1.54. The summed E-state index contributed by atoms with van der Waals surface area (Å²) in [5.41, 5.74) is 21.4. The lowest BCUT2D eigenvalue weighted by Gasteiger charge is -2.22. The molecule has 119 heavy (non-hydrogen) atoms. The van der Waals surface area contributed by atoms with E-state index in [2.05, 4.69) is 317 Å². The van der Waals surface area contributed by atoms with Crippen LogP contribution in [0.25, 0.3) is 0 Å². The van der Waals surface area contributed by atoms with Crippen molar-refractivity contribution in [1.82, 2.24) is 0 Å². The Kier molecular flexibility index (Phi) is 40.2. The van der Waals surface area contributed by atoms with Crippen molar-refractivity contribution in [1.29, 1.82) is 0 Å². The van der Waals surface area contributed by atoms with Gasteiger partial charge in [0.15, 0.2) is 0 Å². The summed E-state index contributed by atoms with van der Waals surface area (Å²) < 4.78 is 65.7. The fourth-order valence-electron chi connectivity index (χ4n) is 13.6. The Morgan fingerprint density at radius 2 is 0.571 bits per heavy atom. The van der Waals surface area contributed by atoms with E-state index in [1.165, 1.54) is 111 Å². The Morgan fingerprint density at radius 1 is 0.311 bits per heavy atom. The number of alkyl halides is 3. The van der Waals surface area contributed by atoms with Crippen LogP contribution in [-0.2, 0) is 22.4 Å². The highest BCUT2D eigenvalue weighted by Crippen LogP contribution is 2.46. The van der Waals surface area contributed by atoms with Gasteiger partial charge >= 0.3 is 6.18 Å². The molecule has 0 aromatic heterocycles. The molecule has 9 aromatic carbocycles. The molecule has 0 saturated heterocycles. The van der Waals surface area contributed by atoms with Gasteiger partial charge in [0.2, 0.25) is 0 Å². The second-order valence-corrected chi connectivity index (χ2v) is 40.3. The molecule has 0 aliphatic heterocycles. The summed E-state index contributed by atoms with van der Waals surface area (Å²) in [5, 5.41) is 10.2. The minimum atomic E-state index is -4.23. The molecule has 0 spiro atoms. The molecule has 1 N–H and O–H groups in total. The van der Waals surface area contributed by atoms with E-state index in [4.69, 9.17) is 11.6 Å². The lowest BCUT2D eigenvalue weighted by Crippen LogP contribution is -2.21. The predicted molar refractivity (Wildman–Crippen MR) is 509 cm³/mol. The lowest BCUT2D eigenvalue weighted by atomic mass is 9.84. The molecule has 0 unspecified atom stereocenters. The van der Waals surface area contributed by atoms with Gasteiger partial charge in [-0.2, -0.15) is 13.2 Å². The normalized spacial score (nSPS) is 14.0. The monoisotopic (exact) mass is 1650 g/mol. The van der Waals surface area contributed by atoms with Gasteiger partial charge in [-0.1, -0.05) is 363 Å². The Balaban J connectivity index is 0.000000239. The summed E-state index contributed by atoms with van der Waals surface area (Å²) in [6.07, 6.45) is 5.79. The standard InChI is InChI=1S/C13H15F3.C13H19F.C13H20O.C13H20.C12H15Cl.C12H15F.C12H16.C12H18.C11H17N/c1-8(2)11-6-5-10(9-3-4-9)7-12(11)13(14,15)16;1-9(2)11-7-6-10(8-12(11)14)13(3,4)5;1-10(2)11-5-7-12(8-6-11)13(3,4)9-14;1-10(2)11-6-8-12(9-7-11)13(3,4)5;2*1-8(2)11-6-5-10(7-12(11)13)9-3-4-9;1-9(2)10-3-5-11(6-4-10)12-7-8-12;1-9(2)11-5-7-12(8-6-11)10(3)4;1-9(2)10-5-7-11(8-6-10)12(3)4/h5-9H,3-4H2,1-2H3;6-9H,1-5H3;5-8,10,14H,9H2,1-4H3;6-10H,1-5H3;2*5-9H,3-4H2,1-2H3;3-6,9,12H,7-8H2,1-2H3;5-10H,1-4H3;5-9H,1-4H3. The van der Waals surface area contributed by atoms with Crippen molar-refractivity contribution in [2.75, 3.05) is 25.6 Å². The zero-order valence-electron chi connectivity index (χ0n) is 79.1. The minimum absolute atomic E-state index is 0.0242. The molecule has 0 atom stereocenters. The van der Waals surface area contributed by atoms with Crippen molar-refractivity contribution in [3.63, 3.8) is 0 Å². The van der Waals surface area contributed by atoms with Crippen molar-refractivity contribution in [3.05, 3.63) is 311 Å². The fourth-order valence-corrected chi connectivity index (χ4v) is 14.0. The second kappa shape index (κ2) is 46.8. The van der Waals surface area contributed by atoms with Crippen LogP contribution in [0, 0.1) is 11.6 Å². The van der Waals surface area contributed by atoms with Gasteiger partial charge in [0.25, 0.3) is 0 Å². The highest BCUT2D eigenvalue weighted by atomic mass is 35.5. The number of rotatable bonds is 17. The average molecular weight is 1650 g/mol. The first-order valence-electron chi connectivity index (χ1n) is 44.8. The number of benzene rings is 9. The predicted octanol–water partition coefficient (Wildman–Crippen LogP) is 34.8. The molecule has 4 fully saturated rings. The van der Waals surface area contributed by atoms with Gasteiger partial charge in [-0.15, -0.1) is 0 Å². The summed E-state index contributed by atoms with van der Waals surface area (Å²) in [4.78, 5) is 2.12. The first-order chi connectivity index (χ1) is 55.4. The van der Waals surface area contributed by atoms with Gasteiger partial charge in [0.1, 0.15) is 11.6 Å². The van der Waals surface area contributed by atoms with Crippen LogP contribution in [0.15, 0.2) is 194 Å². The first kappa shape index (κ1) is 102. The Labute approximate surface area is 726 Å². The summed E-state index contributed by atoms with van der Waals surface area (Å²) in [5.74, 6) is 7.37. The van der Waals surface area contributed by atoms with E-state index in [0.717, 1.165) is 52.0 Å². The van der Waals surface area contributed by atoms with E-state index in [-0.39, 0.29) is 52.2 Å². The summed E-state index contributed by atoms with van der Waals surface area (Å²) in [7, 11) is 4.12. The van der Waals surface area contributed by atoms with Gasteiger partial charge in [0, 0.05) is 30.2 Å². The van der Waals surface area contributed by atoms with Crippen LogP contribution in [0.5, 0.6) is 0 Å². The van der Waals surface area contributed by atoms with Crippen LogP contribution in [0.1, 0.15) is 428 Å². The lowest BCUT2D eigenvalue weighted by molar-refractivity contribution is -0.138.